The largest absolute Gasteiger partial charge is 0.463 e. The maximum Gasteiger partial charge on any atom is 0.337 e. The van der Waals surface area contributed by atoms with Crippen molar-refractivity contribution in [2.75, 3.05) is 18.9 Å². The van der Waals surface area contributed by atoms with Gasteiger partial charge in [0.15, 0.2) is 0 Å². The molecular weight excluding hydrogens is 312 g/mol. The van der Waals surface area contributed by atoms with Gasteiger partial charge in [0, 0.05) is 21.4 Å². The molecule has 0 fully saturated rings. The van der Waals surface area contributed by atoms with Gasteiger partial charge in [-0.2, -0.15) is 0 Å². The van der Waals surface area contributed by atoms with Crippen molar-refractivity contribution < 1.29 is 14.3 Å². The lowest BCUT2D eigenvalue weighted by Gasteiger charge is -2.21. The van der Waals surface area contributed by atoms with Gasteiger partial charge in [-0.15, -0.1) is 11.8 Å². The number of benzene rings is 1. The van der Waals surface area contributed by atoms with Crippen LogP contribution in [0.15, 0.2) is 40.4 Å². The molecule has 112 valence electrons. The minimum Gasteiger partial charge on any atom is -0.463 e. The molecule has 7 heteroatoms. The Bertz CT molecular complexity index is 572. The Labute approximate surface area is 132 Å². The number of nitrogens with one attached hydrogen (secondary N) is 2. The normalized spacial score (nSPS) is 14.5. The maximum atomic E-state index is 11.9. The van der Waals surface area contributed by atoms with Crippen molar-refractivity contribution in [1.82, 2.24) is 10.6 Å². The molecule has 0 atom stereocenters. The van der Waals surface area contributed by atoms with Gasteiger partial charge in [-0.3, -0.25) is 0 Å². The maximum absolute atomic E-state index is 11.9. The first-order chi connectivity index (χ1) is 10.1. The standard InChI is InChI=1S/C14H15ClN2O3S/c1-2-20-13(18)11-7-16-14(19)17-12(11)8-21-10-5-3-9(15)4-6-10/h3-6H,2,7-8H2,1H3,(H2,16,17,19). The van der Waals surface area contributed by atoms with Gasteiger partial charge in [-0.1, -0.05) is 11.6 Å². The van der Waals surface area contributed by atoms with Crippen LogP contribution in [0.2, 0.25) is 5.02 Å². The van der Waals surface area contributed by atoms with Gasteiger partial charge in [-0.25, -0.2) is 9.59 Å². The molecular formula is C14H15ClN2O3S. The average Bonchev–Trinajstić information content (AvgIpc) is 2.47. The Kier molecular flexibility index (Phi) is 5.52. The second-order valence-corrected chi connectivity index (χ2v) is 5.71. The molecule has 0 radical (unpaired) electrons. The number of urea groups is 1. The van der Waals surface area contributed by atoms with Crippen LogP contribution in [0, 0.1) is 0 Å². The average molecular weight is 327 g/mol. The number of carbonyl (C=O) groups excluding carboxylic acids is 2. The fraction of sp³-hybridized carbons (Fsp3) is 0.286. The highest BCUT2D eigenvalue weighted by molar-refractivity contribution is 7.99. The number of hydrogen-bond acceptors (Lipinski definition) is 4. The quantitative estimate of drug-likeness (QED) is 0.644. The van der Waals surface area contributed by atoms with E-state index in [0.717, 1.165) is 4.90 Å². The molecule has 1 aromatic carbocycles. The van der Waals surface area contributed by atoms with E-state index in [1.54, 1.807) is 19.1 Å². The molecule has 0 saturated heterocycles. The molecule has 0 aromatic heterocycles. The highest BCUT2D eigenvalue weighted by atomic mass is 35.5. The third kappa shape index (κ3) is 4.41. The first-order valence-corrected chi connectivity index (χ1v) is 7.79. The summed E-state index contributed by atoms with van der Waals surface area (Å²) in [4.78, 5) is 24.3. The lowest BCUT2D eigenvalue weighted by molar-refractivity contribution is -0.138. The molecule has 2 N–H and O–H groups in total. The van der Waals surface area contributed by atoms with E-state index in [9.17, 15) is 9.59 Å². The van der Waals surface area contributed by atoms with Crippen molar-refractivity contribution in [2.45, 2.75) is 11.8 Å². The Balaban J connectivity index is 2.10. The van der Waals surface area contributed by atoms with Crippen molar-refractivity contribution in [2.24, 2.45) is 0 Å². The molecule has 0 saturated carbocycles. The fourth-order valence-electron chi connectivity index (χ4n) is 1.76. The summed E-state index contributed by atoms with van der Waals surface area (Å²) >= 11 is 7.34. The summed E-state index contributed by atoms with van der Waals surface area (Å²) < 4.78 is 5.00. The Hall–Kier alpha value is -1.66. The zero-order valence-corrected chi connectivity index (χ0v) is 13.0. The van der Waals surface area contributed by atoms with Crippen LogP contribution >= 0.6 is 23.4 Å². The van der Waals surface area contributed by atoms with E-state index < -0.39 is 5.97 Å². The van der Waals surface area contributed by atoms with E-state index in [-0.39, 0.29) is 12.6 Å². The molecule has 1 heterocycles. The van der Waals surface area contributed by atoms with E-state index >= 15 is 0 Å². The first-order valence-electron chi connectivity index (χ1n) is 6.42. The summed E-state index contributed by atoms with van der Waals surface area (Å²) in [6.45, 7) is 2.23. The lowest BCUT2D eigenvalue weighted by atomic mass is 10.2. The Morgan fingerprint density at radius 3 is 2.76 bits per heavy atom. The van der Waals surface area contributed by atoms with E-state index in [2.05, 4.69) is 10.6 Å². The Morgan fingerprint density at radius 2 is 2.10 bits per heavy atom. The number of carbonyl (C=O) groups is 2. The van der Waals surface area contributed by atoms with Gasteiger partial charge in [0.25, 0.3) is 0 Å². The molecule has 2 amide bonds. The molecule has 1 aromatic rings. The summed E-state index contributed by atoms with van der Waals surface area (Å²) in [7, 11) is 0. The van der Waals surface area contributed by atoms with Crippen molar-refractivity contribution in [3.8, 4) is 0 Å². The molecule has 1 aliphatic heterocycles. The number of halogens is 1. The molecule has 0 aliphatic carbocycles. The zero-order chi connectivity index (χ0) is 15.2. The highest BCUT2D eigenvalue weighted by Gasteiger charge is 2.23. The predicted molar refractivity (Wildman–Crippen MR) is 82.4 cm³/mol. The number of esters is 1. The first kappa shape index (κ1) is 15.7. The van der Waals surface area contributed by atoms with E-state index in [1.165, 1.54) is 11.8 Å². The SMILES string of the molecule is CCOC(=O)C1=C(CSc2ccc(Cl)cc2)NC(=O)NC1. The number of hydrogen-bond donors (Lipinski definition) is 2. The van der Waals surface area contributed by atoms with Gasteiger partial charge in [0.05, 0.1) is 18.7 Å². The van der Waals surface area contributed by atoms with Crippen LogP contribution in [0.3, 0.4) is 0 Å². The molecule has 0 bridgehead atoms. The second kappa shape index (κ2) is 7.38. The monoisotopic (exact) mass is 326 g/mol. The molecule has 0 unspecified atom stereocenters. The lowest BCUT2D eigenvalue weighted by Crippen LogP contribution is -2.44. The van der Waals surface area contributed by atoms with Gasteiger partial charge in [0.1, 0.15) is 0 Å². The highest BCUT2D eigenvalue weighted by Crippen LogP contribution is 2.23. The van der Waals surface area contributed by atoms with E-state index in [1.807, 2.05) is 12.1 Å². The van der Waals surface area contributed by atoms with Crippen LogP contribution in [0.4, 0.5) is 4.79 Å². The van der Waals surface area contributed by atoms with Gasteiger partial charge in [0.2, 0.25) is 0 Å². The number of thioether (sulfide) groups is 1. The van der Waals surface area contributed by atoms with Crippen LogP contribution < -0.4 is 10.6 Å². The molecule has 21 heavy (non-hydrogen) atoms. The van der Waals surface area contributed by atoms with Crippen molar-refractivity contribution >= 4 is 35.4 Å². The fourth-order valence-corrected chi connectivity index (χ4v) is 2.77. The van der Waals surface area contributed by atoms with E-state index in [4.69, 9.17) is 16.3 Å². The van der Waals surface area contributed by atoms with Crippen LogP contribution in [-0.4, -0.2) is 30.9 Å². The minimum atomic E-state index is -0.406. The summed E-state index contributed by atoms with van der Waals surface area (Å²) in [5.74, 6) is 0.0696. The van der Waals surface area contributed by atoms with Crippen LogP contribution in [-0.2, 0) is 9.53 Å². The van der Waals surface area contributed by atoms with E-state index in [0.29, 0.717) is 28.7 Å². The summed E-state index contributed by atoms with van der Waals surface area (Å²) in [5.41, 5.74) is 1.04. The van der Waals surface area contributed by atoms with Crippen LogP contribution in [0.5, 0.6) is 0 Å². The van der Waals surface area contributed by atoms with Crippen molar-refractivity contribution in [3.05, 3.63) is 40.6 Å². The van der Waals surface area contributed by atoms with Gasteiger partial charge < -0.3 is 15.4 Å². The summed E-state index contributed by atoms with van der Waals surface area (Å²) in [6.07, 6.45) is 0. The molecule has 5 nitrogen and oxygen atoms in total. The predicted octanol–water partition coefficient (Wildman–Crippen LogP) is 2.56. The third-order valence-corrected chi connectivity index (χ3v) is 4.06. The summed E-state index contributed by atoms with van der Waals surface area (Å²) in [6, 6.07) is 7.06. The van der Waals surface area contributed by atoms with Crippen LogP contribution in [0.25, 0.3) is 0 Å². The summed E-state index contributed by atoms with van der Waals surface area (Å²) in [5, 5.41) is 5.91. The van der Waals surface area contributed by atoms with Gasteiger partial charge >= 0.3 is 12.0 Å². The topological polar surface area (TPSA) is 67.4 Å². The molecule has 2 rings (SSSR count). The van der Waals surface area contributed by atoms with Crippen LogP contribution in [0.1, 0.15) is 6.92 Å². The second-order valence-electron chi connectivity index (χ2n) is 4.23. The Morgan fingerprint density at radius 1 is 1.38 bits per heavy atom. The number of rotatable bonds is 5. The smallest absolute Gasteiger partial charge is 0.337 e. The van der Waals surface area contributed by atoms with Crippen molar-refractivity contribution in [1.29, 1.82) is 0 Å². The number of ether oxygens (including phenoxy) is 1. The number of amides is 2. The van der Waals surface area contributed by atoms with Crippen molar-refractivity contribution in [3.63, 3.8) is 0 Å². The third-order valence-electron chi connectivity index (χ3n) is 2.77. The molecule has 1 aliphatic rings. The zero-order valence-electron chi connectivity index (χ0n) is 11.4. The molecule has 0 spiro atoms. The minimum absolute atomic E-state index is 0.182. The van der Waals surface area contributed by atoms with Gasteiger partial charge in [-0.05, 0) is 31.2 Å².